The molecule has 0 saturated heterocycles. The Morgan fingerprint density at radius 2 is 1.14 bits per heavy atom. The maximum Gasteiger partial charge on any atom is 0.306 e. The first kappa shape index (κ1) is 38.9. The van der Waals surface area contributed by atoms with E-state index in [0.717, 1.165) is 96.1 Å². The summed E-state index contributed by atoms with van der Waals surface area (Å²) >= 11 is 0. The summed E-state index contributed by atoms with van der Waals surface area (Å²) in [5, 5.41) is 9.44. The average molecular weight is 596 g/mol. The SMILES string of the molecule is CCCCCCCCCOC(=O)CCCCCN(CCO)CCCCCCCC(=O)OC1CCC(CCCCC)CC1. The van der Waals surface area contributed by atoms with Crippen molar-refractivity contribution in [3.63, 3.8) is 0 Å². The summed E-state index contributed by atoms with van der Waals surface area (Å²) in [4.78, 5) is 26.6. The molecule has 0 aromatic carbocycles. The Morgan fingerprint density at radius 3 is 1.79 bits per heavy atom. The highest BCUT2D eigenvalue weighted by molar-refractivity contribution is 5.69. The van der Waals surface area contributed by atoms with Crippen LogP contribution < -0.4 is 0 Å². The molecular formula is C36H69NO5. The molecular weight excluding hydrogens is 526 g/mol. The van der Waals surface area contributed by atoms with Crippen LogP contribution in [0.4, 0.5) is 0 Å². The number of esters is 2. The van der Waals surface area contributed by atoms with Crippen molar-refractivity contribution in [2.75, 3.05) is 32.8 Å². The van der Waals surface area contributed by atoms with Crippen molar-refractivity contribution in [2.24, 2.45) is 5.92 Å². The summed E-state index contributed by atoms with van der Waals surface area (Å²) in [5.41, 5.74) is 0. The second-order valence-corrected chi connectivity index (χ2v) is 12.9. The summed E-state index contributed by atoms with van der Waals surface area (Å²) < 4.78 is 11.1. The molecule has 1 N–H and O–H groups in total. The second kappa shape index (κ2) is 28.6. The minimum atomic E-state index is -0.0539. The van der Waals surface area contributed by atoms with E-state index in [-0.39, 0.29) is 24.6 Å². The predicted octanol–water partition coefficient (Wildman–Crippen LogP) is 9.16. The first-order valence-electron chi connectivity index (χ1n) is 18.3. The van der Waals surface area contributed by atoms with Gasteiger partial charge in [-0.1, -0.05) is 104 Å². The molecule has 1 saturated carbocycles. The smallest absolute Gasteiger partial charge is 0.306 e. The largest absolute Gasteiger partial charge is 0.466 e. The Morgan fingerprint density at radius 1 is 0.619 bits per heavy atom. The van der Waals surface area contributed by atoms with Crippen LogP contribution in [0.5, 0.6) is 0 Å². The van der Waals surface area contributed by atoms with E-state index in [9.17, 15) is 14.7 Å². The lowest BCUT2D eigenvalue weighted by Crippen LogP contribution is -2.29. The van der Waals surface area contributed by atoms with Crippen LogP contribution in [0.2, 0.25) is 0 Å². The van der Waals surface area contributed by atoms with Crippen molar-refractivity contribution in [3.05, 3.63) is 0 Å². The van der Waals surface area contributed by atoms with E-state index in [1.807, 2.05) is 0 Å². The van der Waals surface area contributed by atoms with Crippen LogP contribution in [0.25, 0.3) is 0 Å². The number of aliphatic hydroxyl groups is 1. The molecule has 1 aliphatic carbocycles. The van der Waals surface area contributed by atoms with E-state index >= 15 is 0 Å². The summed E-state index contributed by atoms with van der Waals surface area (Å²) in [6, 6.07) is 0. The normalized spacial score (nSPS) is 17.0. The lowest BCUT2D eigenvalue weighted by molar-refractivity contribution is -0.151. The molecule has 6 heteroatoms. The Hall–Kier alpha value is -1.14. The Kier molecular flexibility index (Phi) is 26.5. The van der Waals surface area contributed by atoms with Crippen molar-refractivity contribution in [2.45, 2.75) is 180 Å². The summed E-state index contributed by atoms with van der Waals surface area (Å²) in [6.07, 6.45) is 28.1. The van der Waals surface area contributed by atoms with Gasteiger partial charge < -0.3 is 19.5 Å². The standard InChI is InChI=1S/C36H69NO5/c1-3-5-7-8-9-13-20-32-41-35(39)22-17-14-19-29-37(30-31-38)28-18-12-10-11-16-23-36(40)42-34-26-24-33(25-27-34)21-15-6-4-2/h33-34,38H,3-32H2,1-2H3. The van der Waals surface area contributed by atoms with Crippen LogP contribution in [0.3, 0.4) is 0 Å². The Bertz CT molecular complexity index is 620. The van der Waals surface area contributed by atoms with Crippen molar-refractivity contribution >= 4 is 11.9 Å². The van der Waals surface area contributed by atoms with Crippen LogP contribution in [-0.4, -0.2) is 60.9 Å². The molecule has 0 aromatic rings. The molecule has 248 valence electrons. The summed E-state index contributed by atoms with van der Waals surface area (Å²) in [6.45, 7) is 7.94. The number of ether oxygens (including phenoxy) is 2. The molecule has 1 rings (SSSR count). The molecule has 0 aromatic heterocycles. The van der Waals surface area contributed by atoms with E-state index in [1.54, 1.807) is 0 Å². The third-order valence-electron chi connectivity index (χ3n) is 8.95. The van der Waals surface area contributed by atoms with E-state index in [4.69, 9.17) is 9.47 Å². The number of carbonyl (C=O) groups is 2. The molecule has 42 heavy (non-hydrogen) atoms. The Labute approximate surface area is 260 Å². The fourth-order valence-corrected chi connectivity index (χ4v) is 6.18. The Balaban J connectivity index is 1.95. The lowest BCUT2D eigenvalue weighted by Gasteiger charge is -2.28. The number of carbonyl (C=O) groups excluding carboxylic acids is 2. The average Bonchev–Trinajstić information content (AvgIpc) is 2.98. The summed E-state index contributed by atoms with van der Waals surface area (Å²) in [5.74, 6) is 0.793. The van der Waals surface area contributed by atoms with Crippen LogP contribution in [0, 0.1) is 5.92 Å². The van der Waals surface area contributed by atoms with Crippen molar-refractivity contribution in [1.29, 1.82) is 0 Å². The topological polar surface area (TPSA) is 76.1 Å². The molecule has 0 spiro atoms. The van der Waals surface area contributed by atoms with Gasteiger partial charge in [-0.15, -0.1) is 0 Å². The molecule has 0 aliphatic heterocycles. The van der Waals surface area contributed by atoms with Crippen molar-refractivity contribution in [3.8, 4) is 0 Å². The monoisotopic (exact) mass is 596 g/mol. The highest BCUT2D eigenvalue weighted by atomic mass is 16.5. The minimum absolute atomic E-state index is 0.0000161. The third-order valence-corrected chi connectivity index (χ3v) is 8.95. The summed E-state index contributed by atoms with van der Waals surface area (Å²) in [7, 11) is 0. The highest BCUT2D eigenvalue weighted by Crippen LogP contribution is 2.30. The molecule has 0 heterocycles. The number of rotatable bonds is 29. The van der Waals surface area contributed by atoms with E-state index < -0.39 is 0 Å². The number of nitrogens with zero attached hydrogens (tertiary/aromatic N) is 1. The number of aliphatic hydroxyl groups excluding tert-OH is 1. The number of unbranched alkanes of at least 4 members (excludes halogenated alkanes) is 14. The van der Waals surface area contributed by atoms with Gasteiger partial charge >= 0.3 is 11.9 Å². The highest BCUT2D eigenvalue weighted by Gasteiger charge is 2.23. The van der Waals surface area contributed by atoms with Crippen LogP contribution >= 0.6 is 0 Å². The first-order chi connectivity index (χ1) is 20.6. The molecule has 0 unspecified atom stereocenters. The fourth-order valence-electron chi connectivity index (χ4n) is 6.18. The molecule has 0 amide bonds. The number of hydrogen-bond acceptors (Lipinski definition) is 6. The zero-order valence-electron chi connectivity index (χ0n) is 27.9. The van der Waals surface area contributed by atoms with Gasteiger partial charge in [0, 0.05) is 19.4 Å². The van der Waals surface area contributed by atoms with Gasteiger partial charge in [-0.2, -0.15) is 0 Å². The molecule has 1 aliphatic rings. The van der Waals surface area contributed by atoms with Gasteiger partial charge in [0.2, 0.25) is 0 Å². The van der Waals surface area contributed by atoms with E-state index in [2.05, 4.69) is 18.7 Å². The molecule has 0 atom stereocenters. The third kappa shape index (κ3) is 23.3. The predicted molar refractivity (Wildman–Crippen MR) is 175 cm³/mol. The fraction of sp³-hybridized carbons (Fsp3) is 0.944. The van der Waals surface area contributed by atoms with Gasteiger partial charge in [-0.3, -0.25) is 9.59 Å². The van der Waals surface area contributed by atoms with Gasteiger partial charge in [-0.25, -0.2) is 0 Å². The lowest BCUT2D eigenvalue weighted by atomic mass is 9.84. The van der Waals surface area contributed by atoms with Gasteiger partial charge in [0.1, 0.15) is 6.10 Å². The van der Waals surface area contributed by atoms with Crippen molar-refractivity contribution < 1.29 is 24.2 Å². The van der Waals surface area contributed by atoms with Gasteiger partial charge in [-0.05, 0) is 76.8 Å². The molecule has 0 radical (unpaired) electrons. The van der Waals surface area contributed by atoms with Gasteiger partial charge in [0.25, 0.3) is 0 Å². The van der Waals surface area contributed by atoms with E-state index in [1.165, 1.54) is 70.6 Å². The van der Waals surface area contributed by atoms with Crippen LogP contribution in [0.1, 0.15) is 174 Å². The van der Waals surface area contributed by atoms with Crippen LogP contribution in [0.15, 0.2) is 0 Å². The zero-order valence-corrected chi connectivity index (χ0v) is 27.9. The van der Waals surface area contributed by atoms with Gasteiger partial charge in [0.05, 0.1) is 13.2 Å². The molecule has 6 nitrogen and oxygen atoms in total. The zero-order chi connectivity index (χ0) is 30.5. The van der Waals surface area contributed by atoms with Gasteiger partial charge in [0.15, 0.2) is 0 Å². The van der Waals surface area contributed by atoms with Crippen molar-refractivity contribution in [1.82, 2.24) is 4.90 Å². The maximum atomic E-state index is 12.3. The molecule has 1 fully saturated rings. The first-order valence-corrected chi connectivity index (χ1v) is 18.3. The van der Waals surface area contributed by atoms with Crippen LogP contribution in [-0.2, 0) is 19.1 Å². The maximum absolute atomic E-state index is 12.3. The minimum Gasteiger partial charge on any atom is -0.466 e. The second-order valence-electron chi connectivity index (χ2n) is 12.9. The quantitative estimate of drug-likeness (QED) is 0.0686. The van der Waals surface area contributed by atoms with E-state index in [0.29, 0.717) is 26.0 Å². The number of hydrogen-bond donors (Lipinski definition) is 1. The molecule has 0 bridgehead atoms.